The topological polar surface area (TPSA) is 77.1 Å². The van der Waals surface area contributed by atoms with Crippen LogP contribution in [0.15, 0.2) is 54.6 Å². The standard InChI is InChI=1S/C27H26F2N2O5/c1-16-27(33)31(12-11-17-7-9-23(34-2)24(13-17)35-3)15-18-14-19(8-10-22(18)36-16)30-26(32)25-20(28)5-4-6-21(25)29/h4-10,13-14,16H,11-12,15H2,1-3H3,(H,30,32). The van der Waals surface area contributed by atoms with Crippen molar-refractivity contribution in [1.82, 2.24) is 4.90 Å². The average Bonchev–Trinajstić information content (AvgIpc) is 2.98. The molecule has 1 aliphatic heterocycles. The number of carbonyl (C=O) groups is 2. The maximum absolute atomic E-state index is 14.0. The van der Waals surface area contributed by atoms with E-state index < -0.39 is 29.2 Å². The minimum absolute atomic E-state index is 0.175. The first-order chi connectivity index (χ1) is 17.3. The van der Waals surface area contributed by atoms with Gasteiger partial charge >= 0.3 is 0 Å². The lowest BCUT2D eigenvalue weighted by molar-refractivity contribution is -0.137. The van der Waals surface area contributed by atoms with E-state index in [1.54, 1.807) is 44.2 Å². The van der Waals surface area contributed by atoms with Gasteiger partial charge in [0.2, 0.25) is 0 Å². The minimum atomic E-state index is -0.952. The number of carbonyl (C=O) groups excluding carboxylic acids is 2. The lowest BCUT2D eigenvalue weighted by Crippen LogP contribution is -2.39. The molecular formula is C27H26F2N2O5. The monoisotopic (exact) mass is 496 g/mol. The molecule has 1 aliphatic rings. The predicted molar refractivity (Wildman–Crippen MR) is 130 cm³/mol. The Morgan fingerprint density at radius 2 is 1.78 bits per heavy atom. The number of benzene rings is 3. The quantitative estimate of drug-likeness (QED) is 0.518. The van der Waals surface area contributed by atoms with Gasteiger partial charge in [-0.25, -0.2) is 8.78 Å². The fraction of sp³-hybridized carbons (Fsp3) is 0.259. The molecule has 188 valence electrons. The molecule has 1 atom stereocenters. The number of anilines is 1. The number of hydrogen-bond acceptors (Lipinski definition) is 5. The Labute approximate surface area is 207 Å². The van der Waals surface area contributed by atoms with Gasteiger partial charge in [0.15, 0.2) is 17.6 Å². The minimum Gasteiger partial charge on any atom is -0.493 e. The zero-order valence-electron chi connectivity index (χ0n) is 20.1. The highest BCUT2D eigenvalue weighted by Gasteiger charge is 2.28. The van der Waals surface area contributed by atoms with Crippen LogP contribution in [-0.2, 0) is 17.8 Å². The lowest BCUT2D eigenvalue weighted by Gasteiger charge is -2.22. The molecule has 0 bridgehead atoms. The van der Waals surface area contributed by atoms with E-state index in [-0.39, 0.29) is 12.5 Å². The van der Waals surface area contributed by atoms with Gasteiger partial charge in [-0.2, -0.15) is 0 Å². The van der Waals surface area contributed by atoms with Crippen molar-refractivity contribution in [2.45, 2.75) is 26.0 Å². The summed E-state index contributed by atoms with van der Waals surface area (Å²) in [5, 5.41) is 2.53. The van der Waals surface area contributed by atoms with E-state index in [2.05, 4.69) is 5.32 Å². The number of nitrogens with zero attached hydrogens (tertiary/aromatic N) is 1. The van der Waals surface area contributed by atoms with Crippen LogP contribution in [0.1, 0.15) is 28.4 Å². The number of halogens is 2. The van der Waals surface area contributed by atoms with Gasteiger partial charge in [-0.1, -0.05) is 12.1 Å². The molecule has 2 amide bonds. The average molecular weight is 497 g/mol. The molecule has 0 saturated heterocycles. The summed E-state index contributed by atoms with van der Waals surface area (Å²) in [5.74, 6) is -1.27. The highest BCUT2D eigenvalue weighted by molar-refractivity contribution is 6.04. The van der Waals surface area contributed by atoms with Crippen molar-refractivity contribution in [3.8, 4) is 17.2 Å². The molecule has 0 spiro atoms. The molecule has 3 aromatic rings. The van der Waals surface area contributed by atoms with E-state index in [1.807, 2.05) is 18.2 Å². The smallest absolute Gasteiger partial charge is 0.263 e. The van der Waals surface area contributed by atoms with Gasteiger partial charge in [0.25, 0.3) is 11.8 Å². The van der Waals surface area contributed by atoms with Crippen molar-refractivity contribution in [2.24, 2.45) is 0 Å². The Hall–Kier alpha value is -4.14. The summed E-state index contributed by atoms with van der Waals surface area (Å²) in [4.78, 5) is 27.2. The molecule has 4 rings (SSSR count). The summed E-state index contributed by atoms with van der Waals surface area (Å²) < 4.78 is 44.5. The van der Waals surface area contributed by atoms with Crippen LogP contribution in [0.4, 0.5) is 14.5 Å². The molecule has 7 nitrogen and oxygen atoms in total. The van der Waals surface area contributed by atoms with E-state index in [0.29, 0.717) is 41.5 Å². The molecular weight excluding hydrogens is 470 g/mol. The van der Waals surface area contributed by atoms with Crippen molar-refractivity contribution < 1.29 is 32.6 Å². The van der Waals surface area contributed by atoms with Crippen molar-refractivity contribution in [3.05, 3.63) is 82.9 Å². The summed E-state index contributed by atoms with van der Waals surface area (Å²) in [6, 6.07) is 13.6. The largest absolute Gasteiger partial charge is 0.493 e. The first kappa shape index (κ1) is 25.0. The van der Waals surface area contributed by atoms with Crippen molar-refractivity contribution in [2.75, 3.05) is 26.1 Å². The second-order valence-electron chi connectivity index (χ2n) is 8.33. The van der Waals surface area contributed by atoms with Gasteiger partial charge in [0, 0.05) is 24.3 Å². The van der Waals surface area contributed by atoms with Gasteiger partial charge in [0.05, 0.1) is 14.2 Å². The lowest BCUT2D eigenvalue weighted by atomic mass is 10.1. The number of hydrogen-bond donors (Lipinski definition) is 1. The van der Waals surface area contributed by atoms with Crippen LogP contribution in [0.3, 0.4) is 0 Å². The highest BCUT2D eigenvalue weighted by atomic mass is 19.1. The molecule has 0 fully saturated rings. The van der Waals surface area contributed by atoms with Crippen LogP contribution in [-0.4, -0.2) is 43.6 Å². The van der Waals surface area contributed by atoms with Crippen molar-refractivity contribution >= 4 is 17.5 Å². The van der Waals surface area contributed by atoms with E-state index in [9.17, 15) is 18.4 Å². The van der Waals surface area contributed by atoms with E-state index in [4.69, 9.17) is 14.2 Å². The van der Waals surface area contributed by atoms with Gasteiger partial charge in [-0.05, 0) is 61.4 Å². The Bertz CT molecular complexity index is 1280. The zero-order chi connectivity index (χ0) is 25.8. The van der Waals surface area contributed by atoms with Crippen molar-refractivity contribution in [3.63, 3.8) is 0 Å². The molecule has 1 heterocycles. The number of amides is 2. The SMILES string of the molecule is COc1ccc(CCN2Cc3cc(NC(=O)c4c(F)cccc4F)ccc3OC(C)C2=O)cc1OC. The first-order valence-electron chi connectivity index (χ1n) is 11.4. The number of fused-ring (bicyclic) bond motifs is 1. The number of nitrogens with one attached hydrogen (secondary N) is 1. The van der Waals surface area contributed by atoms with Crippen LogP contribution in [0.2, 0.25) is 0 Å². The maximum Gasteiger partial charge on any atom is 0.263 e. The van der Waals surface area contributed by atoms with Crippen LogP contribution >= 0.6 is 0 Å². The fourth-order valence-corrected chi connectivity index (χ4v) is 4.08. The Balaban J connectivity index is 1.52. The molecule has 1 unspecified atom stereocenters. The maximum atomic E-state index is 14.0. The highest BCUT2D eigenvalue weighted by Crippen LogP contribution is 2.30. The van der Waals surface area contributed by atoms with E-state index in [1.165, 1.54) is 6.07 Å². The Morgan fingerprint density at radius 3 is 2.47 bits per heavy atom. The van der Waals surface area contributed by atoms with Gasteiger partial charge < -0.3 is 24.4 Å². The summed E-state index contributed by atoms with van der Waals surface area (Å²) >= 11 is 0. The van der Waals surface area contributed by atoms with Crippen LogP contribution < -0.4 is 19.5 Å². The predicted octanol–water partition coefficient (Wildman–Crippen LogP) is 4.59. The fourth-order valence-electron chi connectivity index (χ4n) is 4.08. The molecule has 36 heavy (non-hydrogen) atoms. The van der Waals surface area contributed by atoms with Crippen LogP contribution in [0.5, 0.6) is 17.2 Å². The molecule has 0 radical (unpaired) electrons. The molecule has 0 aliphatic carbocycles. The first-order valence-corrected chi connectivity index (χ1v) is 11.4. The third-order valence-electron chi connectivity index (χ3n) is 5.95. The third kappa shape index (κ3) is 5.25. The Morgan fingerprint density at radius 1 is 1.06 bits per heavy atom. The van der Waals surface area contributed by atoms with Gasteiger partial charge in [-0.3, -0.25) is 9.59 Å². The summed E-state index contributed by atoms with van der Waals surface area (Å²) in [7, 11) is 3.13. The van der Waals surface area contributed by atoms with Crippen molar-refractivity contribution in [1.29, 1.82) is 0 Å². The Kier molecular flexibility index (Phi) is 7.38. The molecule has 1 N–H and O–H groups in total. The molecule has 9 heteroatoms. The summed E-state index contributed by atoms with van der Waals surface area (Å²) in [5.41, 5.74) is 1.29. The molecule has 0 aromatic heterocycles. The van der Waals surface area contributed by atoms with Gasteiger partial charge in [-0.15, -0.1) is 0 Å². The van der Waals surface area contributed by atoms with E-state index >= 15 is 0 Å². The summed E-state index contributed by atoms with van der Waals surface area (Å²) in [6.45, 7) is 2.33. The molecule has 3 aromatic carbocycles. The molecule has 0 saturated carbocycles. The second kappa shape index (κ2) is 10.6. The third-order valence-corrected chi connectivity index (χ3v) is 5.95. The second-order valence-corrected chi connectivity index (χ2v) is 8.33. The van der Waals surface area contributed by atoms with E-state index in [0.717, 1.165) is 17.7 Å². The number of methoxy groups -OCH3 is 2. The van der Waals surface area contributed by atoms with Gasteiger partial charge in [0.1, 0.15) is 22.9 Å². The number of ether oxygens (including phenoxy) is 3. The zero-order valence-corrected chi connectivity index (χ0v) is 20.1. The number of rotatable bonds is 7. The van der Waals surface area contributed by atoms with Crippen LogP contribution in [0.25, 0.3) is 0 Å². The van der Waals surface area contributed by atoms with Crippen LogP contribution in [0, 0.1) is 11.6 Å². The normalized spacial score (nSPS) is 15.0. The summed E-state index contributed by atoms with van der Waals surface area (Å²) in [6.07, 6.45) is -0.137.